The van der Waals surface area contributed by atoms with Crippen LogP contribution in [-0.2, 0) is 9.53 Å². The molecule has 0 spiro atoms. The van der Waals surface area contributed by atoms with Crippen LogP contribution in [0.25, 0.3) is 0 Å². The number of hydrogen-bond acceptors (Lipinski definition) is 3. The topological polar surface area (TPSA) is 46.6 Å². The third-order valence-corrected chi connectivity index (χ3v) is 2.65. The molecule has 0 aromatic rings. The van der Waals surface area contributed by atoms with Crippen molar-refractivity contribution in [2.24, 2.45) is 5.92 Å². The van der Waals surface area contributed by atoms with Crippen LogP contribution in [0.5, 0.6) is 0 Å². The monoisotopic (exact) mass is 211 g/mol. The van der Waals surface area contributed by atoms with E-state index in [0.29, 0.717) is 13.1 Å². The Hall–Kier alpha value is -1.32. The van der Waals surface area contributed by atoms with Crippen LogP contribution in [0, 0.1) is 5.92 Å². The molecule has 4 heteroatoms. The van der Waals surface area contributed by atoms with Crippen molar-refractivity contribution in [2.45, 2.75) is 19.8 Å². The quantitative estimate of drug-likeness (QED) is 0.666. The molecular formula is C11H17NO3. The van der Waals surface area contributed by atoms with Gasteiger partial charge in [0.25, 0.3) is 0 Å². The summed E-state index contributed by atoms with van der Waals surface area (Å²) >= 11 is 0. The normalized spacial score (nSPS) is 17.3. The molecule has 1 heterocycles. The number of ether oxygens (including phenoxy) is 1. The van der Waals surface area contributed by atoms with Crippen LogP contribution in [-0.4, -0.2) is 36.5 Å². The number of ketones is 1. The lowest BCUT2D eigenvalue weighted by Gasteiger charge is -2.29. The maximum absolute atomic E-state index is 11.4. The Morgan fingerprint density at radius 1 is 1.47 bits per heavy atom. The molecule has 0 atom stereocenters. The van der Waals surface area contributed by atoms with Gasteiger partial charge in [-0.15, -0.1) is 0 Å². The fourth-order valence-corrected chi connectivity index (χ4v) is 1.69. The van der Waals surface area contributed by atoms with Crippen LogP contribution < -0.4 is 0 Å². The van der Waals surface area contributed by atoms with Crippen molar-refractivity contribution in [1.82, 2.24) is 4.90 Å². The zero-order valence-corrected chi connectivity index (χ0v) is 9.07. The Kier molecular flexibility index (Phi) is 4.34. The molecular weight excluding hydrogens is 194 g/mol. The summed E-state index contributed by atoms with van der Waals surface area (Å²) < 4.78 is 4.91. The van der Waals surface area contributed by atoms with Gasteiger partial charge < -0.3 is 9.64 Å². The van der Waals surface area contributed by atoms with Crippen molar-refractivity contribution in [3.8, 4) is 0 Å². The van der Waals surface area contributed by atoms with Gasteiger partial charge in [0.1, 0.15) is 12.4 Å². The van der Waals surface area contributed by atoms with Crippen LogP contribution in [0.1, 0.15) is 19.8 Å². The smallest absolute Gasteiger partial charge is 0.410 e. The van der Waals surface area contributed by atoms with Crippen molar-refractivity contribution < 1.29 is 14.3 Å². The highest BCUT2D eigenvalue weighted by atomic mass is 16.6. The SMILES string of the molecule is C=CCOC(=O)N1CCC(C(C)=O)CC1. The fraction of sp³-hybridized carbons (Fsp3) is 0.636. The molecule has 0 aromatic heterocycles. The van der Waals surface area contributed by atoms with E-state index >= 15 is 0 Å². The van der Waals surface area contributed by atoms with Crippen molar-refractivity contribution in [1.29, 1.82) is 0 Å². The summed E-state index contributed by atoms with van der Waals surface area (Å²) in [6, 6.07) is 0. The Bertz CT molecular complexity index is 255. The lowest BCUT2D eigenvalue weighted by molar-refractivity contribution is -0.122. The Labute approximate surface area is 89.9 Å². The molecule has 0 aromatic carbocycles. The fourth-order valence-electron chi connectivity index (χ4n) is 1.69. The molecule has 1 saturated heterocycles. The van der Waals surface area contributed by atoms with Gasteiger partial charge in [-0.25, -0.2) is 4.79 Å². The van der Waals surface area contributed by atoms with E-state index in [1.165, 1.54) is 0 Å². The number of likely N-dealkylation sites (tertiary alicyclic amines) is 1. The number of Topliss-reactive ketones (excluding diaryl/α,β-unsaturated/α-hetero) is 1. The average Bonchev–Trinajstić information content (AvgIpc) is 2.26. The predicted octanol–water partition coefficient (Wildman–Crippen LogP) is 1.61. The summed E-state index contributed by atoms with van der Waals surface area (Å²) in [5, 5.41) is 0. The standard InChI is InChI=1S/C11H17NO3/c1-3-8-15-11(14)12-6-4-10(5-7-12)9(2)13/h3,10H,1,4-8H2,2H3. The number of carbonyl (C=O) groups excluding carboxylic acids is 2. The minimum Gasteiger partial charge on any atom is -0.445 e. The Balaban J connectivity index is 2.33. The van der Waals surface area contributed by atoms with Crippen LogP contribution in [0.15, 0.2) is 12.7 Å². The largest absolute Gasteiger partial charge is 0.445 e. The number of rotatable bonds is 3. The lowest BCUT2D eigenvalue weighted by Crippen LogP contribution is -2.40. The Morgan fingerprint density at radius 3 is 2.53 bits per heavy atom. The molecule has 84 valence electrons. The van der Waals surface area contributed by atoms with Crippen molar-refractivity contribution in [3.05, 3.63) is 12.7 Å². The molecule has 15 heavy (non-hydrogen) atoms. The van der Waals surface area contributed by atoms with E-state index in [0.717, 1.165) is 12.8 Å². The van der Waals surface area contributed by atoms with Crippen molar-refractivity contribution in [3.63, 3.8) is 0 Å². The van der Waals surface area contributed by atoms with Crippen LogP contribution in [0.3, 0.4) is 0 Å². The molecule has 1 rings (SSSR count). The highest BCUT2D eigenvalue weighted by Gasteiger charge is 2.25. The molecule has 0 radical (unpaired) electrons. The van der Waals surface area contributed by atoms with E-state index in [2.05, 4.69) is 6.58 Å². The van der Waals surface area contributed by atoms with Gasteiger partial charge in [-0.2, -0.15) is 0 Å². The number of carbonyl (C=O) groups is 2. The van der Waals surface area contributed by atoms with Crippen LogP contribution in [0.4, 0.5) is 4.79 Å². The number of nitrogens with zero attached hydrogens (tertiary/aromatic N) is 1. The lowest BCUT2D eigenvalue weighted by atomic mass is 9.94. The van der Waals surface area contributed by atoms with E-state index in [-0.39, 0.29) is 24.4 Å². The molecule has 0 saturated carbocycles. The first-order valence-corrected chi connectivity index (χ1v) is 5.18. The number of piperidine rings is 1. The summed E-state index contributed by atoms with van der Waals surface area (Å²) in [4.78, 5) is 24.1. The second-order valence-corrected chi connectivity index (χ2v) is 3.74. The van der Waals surface area contributed by atoms with E-state index in [1.807, 2.05) is 0 Å². The van der Waals surface area contributed by atoms with Crippen LogP contribution >= 0.6 is 0 Å². The molecule has 4 nitrogen and oxygen atoms in total. The van der Waals surface area contributed by atoms with Gasteiger partial charge in [-0.1, -0.05) is 12.7 Å². The maximum atomic E-state index is 11.4. The highest BCUT2D eigenvalue weighted by Crippen LogP contribution is 2.18. The summed E-state index contributed by atoms with van der Waals surface area (Å²) in [6.07, 6.45) is 2.73. The third kappa shape index (κ3) is 3.38. The van der Waals surface area contributed by atoms with E-state index in [9.17, 15) is 9.59 Å². The van der Waals surface area contributed by atoms with E-state index < -0.39 is 0 Å². The first kappa shape index (κ1) is 11.8. The predicted molar refractivity (Wildman–Crippen MR) is 56.5 cm³/mol. The molecule has 0 N–H and O–H groups in total. The molecule has 1 aliphatic rings. The summed E-state index contributed by atoms with van der Waals surface area (Å²) in [7, 11) is 0. The molecule has 0 aliphatic carbocycles. The van der Waals surface area contributed by atoms with Gasteiger partial charge >= 0.3 is 6.09 Å². The minimum absolute atomic E-state index is 0.119. The first-order valence-electron chi connectivity index (χ1n) is 5.18. The highest BCUT2D eigenvalue weighted by molar-refractivity contribution is 5.78. The molecule has 1 aliphatic heterocycles. The zero-order valence-electron chi connectivity index (χ0n) is 9.07. The molecule has 1 fully saturated rings. The Morgan fingerprint density at radius 2 is 2.07 bits per heavy atom. The van der Waals surface area contributed by atoms with Crippen molar-refractivity contribution >= 4 is 11.9 Å². The van der Waals surface area contributed by atoms with Crippen molar-refractivity contribution in [2.75, 3.05) is 19.7 Å². The first-order chi connectivity index (χ1) is 7.15. The van der Waals surface area contributed by atoms with Gasteiger partial charge in [0.2, 0.25) is 0 Å². The van der Waals surface area contributed by atoms with Gasteiger partial charge in [0.05, 0.1) is 0 Å². The minimum atomic E-state index is -0.308. The second-order valence-electron chi connectivity index (χ2n) is 3.74. The summed E-state index contributed by atoms with van der Waals surface area (Å²) in [6.45, 7) is 6.54. The molecule has 0 unspecified atom stereocenters. The average molecular weight is 211 g/mol. The van der Waals surface area contributed by atoms with Gasteiger partial charge in [0, 0.05) is 19.0 Å². The van der Waals surface area contributed by atoms with E-state index in [1.54, 1.807) is 17.9 Å². The zero-order chi connectivity index (χ0) is 11.3. The molecule has 1 amide bonds. The summed E-state index contributed by atoms with van der Waals surface area (Å²) in [5.74, 6) is 0.336. The van der Waals surface area contributed by atoms with Gasteiger partial charge in [-0.3, -0.25) is 4.79 Å². The third-order valence-electron chi connectivity index (χ3n) is 2.65. The molecule has 0 bridgehead atoms. The second kappa shape index (κ2) is 5.53. The number of hydrogen-bond donors (Lipinski definition) is 0. The van der Waals surface area contributed by atoms with Gasteiger partial charge in [-0.05, 0) is 19.8 Å². The number of amides is 1. The maximum Gasteiger partial charge on any atom is 0.410 e. The van der Waals surface area contributed by atoms with Crippen LogP contribution in [0.2, 0.25) is 0 Å². The summed E-state index contributed by atoms with van der Waals surface area (Å²) in [5.41, 5.74) is 0. The van der Waals surface area contributed by atoms with E-state index in [4.69, 9.17) is 4.74 Å². The van der Waals surface area contributed by atoms with Gasteiger partial charge in [0.15, 0.2) is 0 Å².